The average Bonchev–Trinajstić information content (AvgIpc) is 3.08. The highest BCUT2D eigenvalue weighted by atomic mass is 32.2. The summed E-state index contributed by atoms with van der Waals surface area (Å²) in [5, 5.41) is 19.0. The van der Waals surface area contributed by atoms with Gasteiger partial charge in [-0.15, -0.1) is 0 Å². The molecule has 0 unspecified atom stereocenters. The number of nitriles is 2. The minimum Gasteiger partial charge on any atom is -0.294 e. The summed E-state index contributed by atoms with van der Waals surface area (Å²) >= 11 is 1.84. The van der Waals surface area contributed by atoms with Crippen molar-refractivity contribution in [2.75, 3.05) is 11.5 Å². The van der Waals surface area contributed by atoms with Crippen molar-refractivity contribution >= 4 is 17.5 Å². The molecule has 1 atom stereocenters. The molecule has 20 heavy (non-hydrogen) atoms. The number of rotatable bonds is 2. The minimum absolute atomic E-state index is 0.0411. The van der Waals surface area contributed by atoms with Gasteiger partial charge in [-0.1, -0.05) is 30.3 Å². The van der Waals surface area contributed by atoms with Crippen molar-refractivity contribution in [3.63, 3.8) is 0 Å². The molecule has 3 rings (SSSR count). The first-order valence-corrected chi connectivity index (χ1v) is 7.87. The van der Waals surface area contributed by atoms with Crippen LogP contribution in [0, 0.1) is 39.4 Å². The first kappa shape index (κ1) is 13.2. The van der Waals surface area contributed by atoms with E-state index in [1.54, 1.807) is 12.1 Å². The summed E-state index contributed by atoms with van der Waals surface area (Å²) < 4.78 is 0. The number of thioether (sulfide) groups is 1. The molecule has 0 aromatic heterocycles. The summed E-state index contributed by atoms with van der Waals surface area (Å²) in [4.78, 5) is 12.7. The number of hydrogen-bond donors (Lipinski definition) is 0. The smallest absolute Gasteiger partial charge is 0.169 e. The van der Waals surface area contributed by atoms with Crippen molar-refractivity contribution in [2.24, 2.45) is 16.7 Å². The molecule has 1 aromatic carbocycles. The molecule has 0 amide bonds. The van der Waals surface area contributed by atoms with Crippen molar-refractivity contribution < 1.29 is 4.79 Å². The molecule has 0 radical (unpaired) electrons. The highest BCUT2D eigenvalue weighted by Gasteiger charge is 2.80. The monoisotopic (exact) mass is 282 g/mol. The number of carbonyl (C=O) groups excluding carboxylic acids is 1. The van der Waals surface area contributed by atoms with Crippen molar-refractivity contribution in [2.45, 2.75) is 12.8 Å². The van der Waals surface area contributed by atoms with Gasteiger partial charge in [0.1, 0.15) is 0 Å². The summed E-state index contributed by atoms with van der Waals surface area (Å²) in [6.07, 6.45) is 1.59. The largest absolute Gasteiger partial charge is 0.294 e. The highest BCUT2D eigenvalue weighted by Crippen LogP contribution is 2.74. The van der Waals surface area contributed by atoms with Crippen LogP contribution in [0.1, 0.15) is 23.2 Å². The highest BCUT2D eigenvalue weighted by molar-refractivity contribution is 7.99. The molecule has 1 aromatic rings. The number of nitrogens with zero attached hydrogens (tertiary/aromatic N) is 2. The number of Topliss-reactive ketones (excluding diaryl/α,β-unsaturated/α-hetero) is 1. The average molecular weight is 282 g/mol. The Morgan fingerprint density at radius 1 is 1.15 bits per heavy atom. The van der Waals surface area contributed by atoms with Crippen molar-refractivity contribution in [3.8, 4) is 12.1 Å². The summed E-state index contributed by atoms with van der Waals surface area (Å²) in [5.41, 5.74) is -0.905. The fourth-order valence-electron chi connectivity index (χ4n) is 3.61. The van der Waals surface area contributed by atoms with E-state index in [9.17, 15) is 15.3 Å². The van der Waals surface area contributed by atoms with E-state index in [0.29, 0.717) is 5.56 Å². The molecule has 2 fully saturated rings. The van der Waals surface area contributed by atoms with E-state index in [0.717, 1.165) is 24.3 Å². The van der Waals surface area contributed by atoms with Crippen LogP contribution in [0.4, 0.5) is 0 Å². The van der Waals surface area contributed by atoms with Crippen LogP contribution in [0.3, 0.4) is 0 Å². The van der Waals surface area contributed by atoms with E-state index in [4.69, 9.17) is 0 Å². The van der Waals surface area contributed by atoms with E-state index >= 15 is 0 Å². The lowest BCUT2D eigenvalue weighted by Gasteiger charge is -2.22. The van der Waals surface area contributed by atoms with Crippen molar-refractivity contribution in [1.29, 1.82) is 10.5 Å². The SMILES string of the molecule is N#CC1(C#N)[C@H](C(=O)c2ccccc2)C12CCSCC2. The van der Waals surface area contributed by atoms with Crippen LogP contribution in [0.2, 0.25) is 0 Å². The predicted octanol–water partition coefficient (Wildman–Crippen LogP) is 3.05. The van der Waals surface area contributed by atoms with Crippen molar-refractivity contribution in [1.82, 2.24) is 0 Å². The maximum Gasteiger partial charge on any atom is 0.169 e. The Balaban J connectivity index is 1.99. The van der Waals surface area contributed by atoms with Crippen LogP contribution in [0.15, 0.2) is 30.3 Å². The molecule has 3 nitrogen and oxygen atoms in total. The molecule has 0 bridgehead atoms. The Kier molecular flexibility index (Phi) is 3.07. The number of carbonyl (C=O) groups is 1. The van der Waals surface area contributed by atoms with Gasteiger partial charge in [-0.2, -0.15) is 22.3 Å². The number of hydrogen-bond acceptors (Lipinski definition) is 4. The molecule has 1 heterocycles. The van der Waals surface area contributed by atoms with Gasteiger partial charge in [0, 0.05) is 11.0 Å². The van der Waals surface area contributed by atoms with E-state index in [-0.39, 0.29) is 5.78 Å². The molecular formula is C16H14N2OS. The van der Waals surface area contributed by atoms with Crippen molar-refractivity contribution in [3.05, 3.63) is 35.9 Å². The van der Waals surface area contributed by atoms with Gasteiger partial charge < -0.3 is 0 Å². The predicted molar refractivity (Wildman–Crippen MR) is 76.9 cm³/mol. The Bertz CT molecular complexity index is 606. The summed E-state index contributed by atoms with van der Waals surface area (Å²) in [6, 6.07) is 13.4. The molecule has 1 spiro atoms. The Morgan fingerprint density at radius 3 is 2.30 bits per heavy atom. The van der Waals surface area contributed by atoms with Gasteiger partial charge in [-0.05, 0) is 24.3 Å². The van der Waals surface area contributed by atoms with Crippen LogP contribution in [-0.4, -0.2) is 17.3 Å². The fourth-order valence-corrected chi connectivity index (χ4v) is 4.83. The molecule has 1 saturated heterocycles. The zero-order valence-corrected chi connectivity index (χ0v) is 11.8. The van der Waals surface area contributed by atoms with Gasteiger partial charge in [0.25, 0.3) is 0 Å². The lowest BCUT2D eigenvalue weighted by atomic mass is 9.89. The molecule has 2 aliphatic rings. The summed E-state index contributed by atoms with van der Waals surface area (Å²) in [5.74, 6) is 1.38. The molecule has 1 aliphatic carbocycles. The van der Waals surface area contributed by atoms with Gasteiger partial charge in [-0.25, -0.2) is 0 Å². The first-order chi connectivity index (χ1) is 9.72. The molecule has 0 N–H and O–H groups in total. The van der Waals surface area contributed by atoms with Gasteiger partial charge >= 0.3 is 0 Å². The van der Waals surface area contributed by atoms with Crippen LogP contribution < -0.4 is 0 Å². The quantitative estimate of drug-likeness (QED) is 0.782. The molecule has 1 aliphatic heterocycles. The normalized spacial score (nSPS) is 25.4. The van der Waals surface area contributed by atoms with Crippen LogP contribution in [0.25, 0.3) is 0 Å². The molecule has 4 heteroatoms. The van der Waals surface area contributed by atoms with E-state index < -0.39 is 16.7 Å². The van der Waals surface area contributed by atoms with Crippen LogP contribution in [-0.2, 0) is 0 Å². The second kappa shape index (κ2) is 4.65. The van der Waals surface area contributed by atoms with Crippen LogP contribution in [0.5, 0.6) is 0 Å². The third kappa shape index (κ3) is 1.55. The van der Waals surface area contributed by atoms with Crippen LogP contribution >= 0.6 is 11.8 Å². The van der Waals surface area contributed by atoms with Gasteiger partial charge in [-0.3, -0.25) is 4.79 Å². The topological polar surface area (TPSA) is 64.7 Å². The van der Waals surface area contributed by atoms with Gasteiger partial charge in [0.15, 0.2) is 11.2 Å². The van der Waals surface area contributed by atoms with E-state index in [1.165, 1.54) is 0 Å². The third-order valence-electron chi connectivity index (χ3n) is 4.75. The Morgan fingerprint density at radius 2 is 1.75 bits per heavy atom. The lowest BCUT2D eigenvalue weighted by Crippen LogP contribution is -2.19. The molecular weight excluding hydrogens is 268 g/mol. The second-order valence-electron chi connectivity index (χ2n) is 5.46. The second-order valence-corrected chi connectivity index (χ2v) is 6.69. The third-order valence-corrected chi connectivity index (χ3v) is 5.73. The maximum atomic E-state index is 12.7. The number of ketones is 1. The Hall–Kier alpha value is -1.78. The van der Waals surface area contributed by atoms with Gasteiger partial charge in [0.05, 0.1) is 18.1 Å². The summed E-state index contributed by atoms with van der Waals surface area (Å²) in [6.45, 7) is 0. The lowest BCUT2D eigenvalue weighted by molar-refractivity contribution is 0.0943. The number of benzene rings is 1. The maximum absolute atomic E-state index is 12.7. The standard InChI is InChI=1S/C16H14N2OS/c17-10-16(11-18)14(15(16)6-8-20-9-7-15)13(19)12-4-2-1-3-5-12/h1-5,14H,6-9H2/t14-/m1/s1. The first-order valence-electron chi connectivity index (χ1n) is 6.71. The van der Waals surface area contributed by atoms with E-state index in [2.05, 4.69) is 12.1 Å². The zero-order valence-electron chi connectivity index (χ0n) is 11.0. The molecule has 100 valence electrons. The minimum atomic E-state index is -1.11. The Labute approximate surface area is 122 Å². The fraction of sp³-hybridized carbons (Fsp3) is 0.438. The van der Waals surface area contributed by atoms with E-state index in [1.807, 2.05) is 30.0 Å². The zero-order chi connectivity index (χ0) is 14.2. The van der Waals surface area contributed by atoms with Gasteiger partial charge in [0.2, 0.25) is 0 Å². The molecule has 1 saturated carbocycles. The summed E-state index contributed by atoms with van der Waals surface area (Å²) in [7, 11) is 0.